The van der Waals surface area contributed by atoms with Gasteiger partial charge in [0, 0.05) is 25.4 Å². The fraction of sp³-hybridized carbons (Fsp3) is 0.909. The molecule has 0 aliphatic heterocycles. The first-order chi connectivity index (χ1) is 8.32. The minimum atomic E-state index is -3.03. The molecule has 0 bridgehead atoms. The lowest BCUT2D eigenvalue weighted by Crippen LogP contribution is -2.48. The second-order valence-electron chi connectivity index (χ2n) is 4.27. The molecule has 0 spiro atoms. The van der Waals surface area contributed by atoms with Crippen molar-refractivity contribution in [3.63, 3.8) is 0 Å². The van der Waals surface area contributed by atoms with E-state index in [1.165, 1.54) is 0 Å². The molecule has 0 aliphatic carbocycles. The molecule has 0 aliphatic rings. The Morgan fingerprint density at radius 3 is 2.44 bits per heavy atom. The van der Waals surface area contributed by atoms with Crippen LogP contribution in [-0.2, 0) is 19.4 Å². The summed E-state index contributed by atoms with van der Waals surface area (Å²) < 4.78 is 27.6. The van der Waals surface area contributed by atoms with Crippen molar-refractivity contribution in [2.24, 2.45) is 0 Å². The molecule has 0 aromatic heterocycles. The van der Waals surface area contributed by atoms with E-state index >= 15 is 0 Å². The maximum atomic E-state index is 11.6. The van der Waals surface area contributed by atoms with E-state index in [0.29, 0.717) is 13.2 Å². The molecule has 0 rings (SSSR count). The van der Waals surface area contributed by atoms with Crippen LogP contribution >= 0.6 is 0 Å². The predicted molar refractivity (Wildman–Crippen MR) is 71.3 cm³/mol. The molecular formula is C11H24N2O4S. The molecule has 0 aromatic carbocycles. The highest BCUT2D eigenvalue weighted by Gasteiger charge is 2.18. The maximum absolute atomic E-state index is 11.6. The van der Waals surface area contributed by atoms with E-state index in [0.717, 1.165) is 0 Å². The first kappa shape index (κ1) is 17.3. The molecule has 108 valence electrons. The third-order valence-corrected chi connectivity index (χ3v) is 4.36. The standard InChI is InChI=1S/C11H24N2O4S/c1-5-18(15,16)8-9(2)13-10(3)11(14)12-6-7-17-4/h9-10,13H,5-8H2,1-4H3,(H,12,14). The number of rotatable bonds is 9. The summed E-state index contributed by atoms with van der Waals surface area (Å²) in [5, 5.41) is 5.65. The van der Waals surface area contributed by atoms with E-state index < -0.39 is 15.9 Å². The van der Waals surface area contributed by atoms with Gasteiger partial charge in [-0.15, -0.1) is 0 Å². The number of ether oxygens (including phenoxy) is 1. The number of nitrogens with one attached hydrogen (secondary N) is 2. The molecule has 2 atom stereocenters. The monoisotopic (exact) mass is 280 g/mol. The van der Waals surface area contributed by atoms with Crippen LogP contribution in [-0.4, -0.2) is 58.2 Å². The number of carbonyl (C=O) groups is 1. The summed E-state index contributed by atoms with van der Waals surface area (Å²) in [6.45, 7) is 5.98. The van der Waals surface area contributed by atoms with Crippen LogP contribution in [0.2, 0.25) is 0 Å². The summed E-state index contributed by atoms with van der Waals surface area (Å²) >= 11 is 0. The van der Waals surface area contributed by atoms with E-state index in [4.69, 9.17) is 4.74 Å². The number of hydrogen-bond donors (Lipinski definition) is 2. The zero-order chi connectivity index (χ0) is 14.2. The van der Waals surface area contributed by atoms with Crippen LogP contribution in [0.5, 0.6) is 0 Å². The molecule has 18 heavy (non-hydrogen) atoms. The lowest BCUT2D eigenvalue weighted by Gasteiger charge is -2.19. The largest absolute Gasteiger partial charge is 0.383 e. The fourth-order valence-electron chi connectivity index (χ4n) is 1.48. The van der Waals surface area contributed by atoms with Gasteiger partial charge in [-0.2, -0.15) is 0 Å². The van der Waals surface area contributed by atoms with Crippen LogP contribution in [0.25, 0.3) is 0 Å². The molecule has 7 heteroatoms. The Labute approximate surface area is 109 Å². The van der Waals surface area contributed by atoms with Crippen molar-refractivity contribution in [2.75, 3.05) is 31.8 Å². The smallest absolute Gasteiger partial charge is 0.236 e. The molecule has 2 unspecified atom stereocenters. The van der Waals surface area contributed by atoms with Crippen molar-refractivity contribution in [3.05, 3.63) is 0 Å². The van der Waals surface area contributed by atoms with Gasteiger partial charge >= 0.3 is 0 Å². The lowest BCUT2D eigenvalue weighted by molar-refractivity contribution is -0.123. The van der Waals surface area contributed by atoms with Crippen LogP contribution < -0.4 is 10.6 Å². The van der Waals surface area contributed by atoms with Crippen LogP contribution in [0, 0.1) is 0 Å². The van der Waals surface area contributed by atoms with Gasteiger partial charge in [-0.05, 0) is 13.8 Å². The highest BCUT2D eigenvalue weighted by atomic mass is 32.2. The summed E-state index contributed by atoms with van der Waals surface area (Å²) in [7, 11) is -1.46. The Kier molecular flexibility index (Phi) is 8.13. The minimum Gasteiger partial charge on any atom is -0.383 e. The Hall–Kier alpha value is -0.660. The molecular weight excluding hydrogens is 256 g/mol. The molecule has 2 N–H and O–H groups in total. The van der Waals surface area contributed by atoms with Gasteiger partial charge in [0.1, 0.15) is 0 Å². The van der Waals surface area contributed by atoms with Crippen molar-refractivity contribution in [1.29, 1.82) is 0 Å². The highest BCUT2D eigenvalue weighted by Crippen LogP contribution is 1.96. The van der Waals surface area contributed by atoms with Crippen LogP contribution in [0.15, 0.2) is 0 Å². The van der Waals surface area contributed by atoms with Crippen molar-refractivity contribution in [3.8, 4) is 0 Å². The topological polar surface area (TPSA) is 84.5 Å². The van der Waals surface area contributed by atoms with Crippen molar-refractivity contribution < 1.29 is 17.9 Å². The summed E-state index contributed by atoms with van der Waals surface area (Å²) in [6.07, 6.45) is 0. The number of hydrogen-bond acceptors (Lipinski definition) is 5. The summed E-state index contributed by atoms with van der Waals surface area (Å²) in [4.78, 5) is 11.6. The number of carbonyl (C=O) groups excluding carboxylic acids is 1. The van der Waals surface area contributed by atoms with Gasteiger partial charge in [-0.25, -0.2) is 8.42 Å². The highest BCUT2D eigenvalue weighted by molar-refractivity contribution is 7.91. The van der Waals surface area contributed by atoms with E-state index in [1.807, 2.05) is 0 Å². The second kappa shape index (κ2) is 8.44. The fourth-order valence-corrected chi connectivity index (χ4v) is 2.57. The second-order valence-corrected chi connectivity index (χ2v) is 6.67. The number of amides is 1. The zero-order valence-electron chi connectivity index (χ0n) is 11.5. The molecule has 0 radical (unpaired) electrons. The molecule has 0 saturated carbocycles. The van der Waals surface area contributed by atoms with Crippen LogP contribution in [0.3, 0.4) is 0 Å². The van der Waals surface area contributed by atoms with Gasteiger partial charge in [0.15, 0.2) is 9.84 Å². The lowest BCUT2D eigenvalue weighted by atomic mass is 10.2. The first-order valence-corrected chi connectivity index (χ1v) is 7.87. The molecule has 0 saturated heterocycles. The summed E-state index contributed by atoms with van der Waals surface area (Å²) in [5.74, 6) is -0.0000952. The molecule has 6 nitrogen and oxygen atoms in total. The quantitative estimate of drug-likeness (QED) is 0.559. The van der Waals surface area contributed by atoms with E-state index in [-0.39, 0.29) is 23.5 Å². The Bertz CT molecular complexity index is 343. The van der Waals surface area contributed by atoms with E-state index in [9.17, 15) is 13.2 Å². The third kappa shape index (κ3) is 7.62. The van der Waals surface area contributed by atoms with Crippen LogP contribution in [0.4, 0.5) is 0 Å². The normalized spacial score (nSPS) is 15.1. The van der Waals surface area contributed by atoms with Gasteiger partial charge in [0.2, 0.25) is 5.91 Å². The van der Waals surface area contributed by atoms with Crippen LogP contribution in [0.1, 0.15) is 20.8 Å². The van der Waals surface area contributed by atoms with Gasteiger partial charge in [0.25, 0.3) is 0 Å². The first-order valence-electron chi connectivity index (χ1n) is 6.05. The van der Waals surface area contributed by atoms with Crippen molar-refractivity contribution in [2.45, 2.75) is 32.9 Å². The van der Waals surface area contributed by atoms with Gasteiger partial charge in [-0.1, -0.05) is 6.92 Å². The molecule has 0 heterocycles. The van der Waals surface area contributed by atoms with E-state index in [2.05, 4.69) is 10.6 Å². The number of methoxy groups -OCH3 is 1. The summed E-state index contributed by atoms with van der Waals surface area (Å²) in [6, 6.07) is -0.679. The zero-order valence-corrected chi connectivity index (χ0v) is 12.3. The SMILES string of the molecule is CCS(=O)(=O)CC(C)NC(C)C(=O)NCCOC. The minimum absolute atomic E-state index is 0.0409. The Morgan fingerprint density at radius 1 is 1.33 bits per heavy atom. The third-order valence-electron chi connectivity index (χ3n) is 2.48. The van der Waals surface area contributed by atoms with E-state index in [1.54, 1.807) is 27.9 Å². The Morgan fingerprint density at radius 2 is 1.94 bits per heavy atom. The van der Waals surface area contributed by atoms with Gasteiger partial charge in [-0.3, -0.25) is 4.79 Å². The van der Waals surface area contributed by atoms with Crippen molar-refractivity contribution in [1.82, 2.24) is 10.6 Å². The molecule has 0 aromatic rings. The molecule has 1 amide bonds. The molecule has 0 fully saturated rings. The maximum Gasteiger partial charge on any atom is 0.236 e. The average Bonchev–Trinajstić information content (AvgIpc) is 2.28. The summed E-state index contributed by atoms with van der Waals surface area (Å²) in [5.41, 5.74) is 0. The van der Waals surface area contributed by atoms with Gasteiger partial charge < -0.3 is 15.4 Å². The predicted octanol–water partition coefficient (Wildman–Crippen LogP) is -0.450. The average molecular weight is 280 g/mol. The van der Waals surface area contributed by atoms with Gasteiger partial charge in [0.05, 0.1) is 18.4 Å². The number of sulfone groups is 1. The Balaban J connectivity index is 4.06. The van der Waals surface area contributed by atoms with Crippen molar-refractivity contribution >= 4 is 15.7 Å².